The van der Waals surface area contributed by atoms with Crippen LogP contribution in [0.3, 0.4) is 0 Å². The fraction of sp³-hybridized carbons (Fsp3) is 0.222. The molecule has 1 rings (SSSR count). The van der Waals surface area contributed by atoms with Gasteiger partial charge in [0, 0.05) is 4.47 Å². The van der Waals surface area contributed by atoms with Gasteiger partial charge in [-0.25, -0.2) is 0 Å². The molecule has 0 aliphatic heterocycles. The lowest BCUT2D eigenvalue weighted by atomic mass is 10.1. The van der Waals surface area contributed by atoms with E-state index < -0.39 is 0 Å². The van der Waals surface area contributed by atoms with E-state index in [0.717, 1.165) is 16.5 Å². The van der Waals surface area contributed by atoms with Crippen LogP contribution in [0.5, 0.6) is 0 Å². The third kappa shape index (κ3) is 1.84. The van der Waals surface area contributed by atoms with E-state index in [1.807, 2.05) is 12.1 Å². The summed E-state index contributed by atoms with van der Waals surface area (Å²) in [6, 6.07) is 7.73. The van der Waals surface area contributed by atoms with Crippen molar-refractivity contribution >= 4 is 15.9 Å². The minimum absolute atomic E-state index is 0.605. The van der Waals surface area contributed by atoms with Crippen molar-refractivity contribution in [2.24, 2.45) is 5.73 Å². The highest BCUT2D eigenvalue weighted by molar-refractivity contribution is 9.10. The van der Waals surface area contributed by atoms with Crippen molar-refractivity contribution in [3.05, 3.63) is 33.8 Å². The molecule has 0 atom stereocenters. The minimum Gasteiger partial charge on any atom is -0.330 e. The predicted molar refractivity (Wildman–Crippen MR) is 51.6 cm³/mol. The average Bonchev–Trinajstić information content (AvgIpc) is 2.09. The van der Waals surface area contributed by atoms with Crippen molar-refractivity contribution in [2.45, 2.75) is 6.42 Å². The fourth-order valence-corrected chi connectivity index (χ4v) is 1.57. The lowest BCUT2D eigenvalue weighted by Gasteiger charge is -2.02. The van der Waals surface area contributed by atoms with E-state index in [1.165, 1.54) is 0 Å². The van der Waals surface area contributed by atoms with E-state index in [1.54, 1.807) is 6.07 Å². The predicted octanol–water partition coefficient (Wildman–Crippen LogP) is 1.82. The molecule has 0 aliphatic rings. The summed E-state index contributed by atoms with van der Waals surface area (Å²) >= 11 is 3.36. The van der Waals surface area contributed by atoms with Crippen molar-refractivity contribution in [1.29, 1.82) is 5.26 Å². The van der Waals surface area contributed by atoms with Gasteiger partial charge in [-0.05, 0) is 40.5 Å². The molecule has 1 aromatic rings. The van der Waals surface area contributed by atoms with Gasteiger partial charge in [-0.1, -0.05) is 12.1 Å². The number of nitriles is 1. The molecule has 0 aromatic heterocycles. The molecule has 0 aliphatic carbocycles. The summed E-state index contributed by atoms with van der Waals surface area (Å²) in [4.78, 5) is 0. The Bertz CT molecular complexity index is 315. The van der Waals surface area contributed by atoms with E-state index in [9.17, 15) is 0 Å². The van der Waals surface area contributed by atoms with Gasteiger partial charge in [-0.3, -0.25) is 0 Å². The Morgan fingerprint density at radius 1 is 1.50 bits per heavy atom. The quantitative estimate of drug-likeness (QED) is 0.834. The first-order valence-corrected chi connectivity index (χ1v) is 4.46. The number of hydrogen-bond donors (Lipinski definition) is 1. The highest BCUT2D eigenvalue weighted by atomic mass is 79.9. The smallest absolute Gasteiger partial charge is 0.100 e. The van der Waals surface area contributed by atoms with Crippen LogP contribution >= 0.6 is 15.9 Å². The molecule has 1 aromatic carbocycles. The second-order valence-corrected chi connectivity index (χ2v) is 3.22. The SMILES string of the molecule is N#Cc1cccc(CCN)c1Br. The molecule has 3 heteroatoms. The summed E-state index contributed by atoms with van der Waals surface area (Å²) < 4.78 is 0.873. The first kappa shape index (κ1) is 9.24. The zero-order valence-corrected chi connectivity index (χ0v) is 8.13. The zero-order valence-electron chi connectivity index (χ0n) is 6.55. The molecule has 0 unspecified atom stereocenters. The van der Waals surface area contributed by atoms with Crippen molar-refractivity contribution in [2.75, 3.05) is 6.54 Å². The van der Waals surface area contributed by atoms with Crippen LogP contribution in [-0.4, -0.2) is 6.54 Å². The summed E-state index contributed by atoms with van der Waals surface area (Å²) in [5.74, 6) is 0. The lowest BCUT2D eigenvalue weighted by molar-refractivity contribution is 0.962. The van der Waals surface area contributed by atoms with E-state index in [0.29, 0.717) is 12.1 Å². The number of nitrogens with two attached hydrogens (primary N) is 1. The maximum atomic E-state index is 8.70. The molecule has 0 bridgehead atoms. The standard InChI is InChI=1S/C9H9BrN2/c10-9-7(4-5-11)2-1-3-8(9)6-12/h1-3H,4-5,11H2. The molecule has 0 spiro atoms. The van der Waals surface area contributed by atoms with Crippen molar-refractivity contribution < 1.29 is 0 Å². The molecule has 0 fully saturated rings. The van der Waals surface area contributed by atoms with Gasteiger partial charge < -0.3 is 5.73 Å². The first-order valence-electron chi connectivity index (χ1n) is 3.67. The third-order valence-electron chi connectivity index (χ3n) is 1.61. The van der Waals surface area contributed by atoms with Crippen LogP contribution in [0, 0.1) is 11.3 Å². The Labute approximate surface area is 80.1 Å². The monoisotopic (exact) mass is 224 g/mol. The van der Waals surface area contributed by atoms with E-state index in [-0.39, 0.29) is 0 Å². The topological polar surface area (TPSA) is 49.8 Å². The first-order chi connectivity index (χ1) is 5.79. The molecule has 0 radical (unpaired) electrons. The molecule has 0 saturated carbocycles. The number of halogens is 1. The molecule has 0 amide bonds. The van der Waals surface area contributed by atoms with Gasteiger partial charge in [0.25, 0.3) is 0 Å². The largest absolute Gasteiger partial charge is 0.330 e. The molecule has 0 saturated heterocycles. The maximum Gasteiger partial charge on any atom is 0.100 e. The van der Waals surface area contributed by atoms with E-state index >= 15 is 0 Å². The van der Waals surface area contributed by atoms with Gasteiger partial charge in [0.1, 0.15) is 6.07 Å². The lowest BCUT2D eigenvalue weighted by Crippen LogP contribution is -2.03. The number of benzene rings is 1. The van der Waals surface area contributed by atoms with Crippen molar-refractivity contribution in [1.82, 2.24) is 0 Å². The highest BCUT2D eigenvalue weighted by Gasteiger charge is 2.02. The Morgan fingerprint density at radius 3 is 2.83 bits per heavy atom. The Hall–Kier alpha value is -0.850. The van der Waals surface area contributed by atoms with Crippen molar-refractivity contribution in [3.8, 4) is 6.07 Å². The van der Waals surface area contributed by atoms with Gasteiger partial charge in [-0.15, -0.1) is 0 Å². The molecule has 0 heterocycles. The molecular formula is C9H9BrN2. The van der Waals surface area contributed by atoms with Crippen LogP contribution in [0.1, 0.15) is 11.1 Å². The van der Waals surface area contributed by atoms with Crippen LogP contribution in [0.15, 0.2) is 22.7 Å². The summed E-state index contributed by atoms with van der Waals surface area (Å²) in [7, 11) is 0. The maximum absolute atomic E-state index is 8.70. The number of nitrogens with zero attached hydrogens (tertiary/aromatic N) is 1. The summed E-state index contributed by atoms with van der Waals surface area (Å²) in [6.45, 7) is 0.605. The Balaban J connectivity index is 3.07. The summed E-state index contributed by atoms with van der Waals surface area (Å²) in [5, 5.41) is 8.70. The fourth-order valence-electron chi connectivity index (χ4n) is 1.01. The van der Waals surface area contributed by atoms with E-state index in [4.69, 9.17) is 11.0 Å². The Kier molecular flexibility index (Phi) is 3.27. The molecular weight excluding hydrogens is 216 g/mol. The second-order valence-electron chi connectivity index (χ2n) is 2.43. The molecule has 62 valence electrons. The average molecular weight is 225 g/mol. The van der Waals surface area contributed by atoms with Crippen LogP contribution in [0.25, 0.3) is 0 Å². The van der Waals surface area contributed by atoms with Gasteiger partial charge in [0.2, 0.25) is 0 Å². The molecule has 12 heavy (non-hydrogen) atoms. The van der Waals surface area contributed by atoms with Crippen LogP contribution in [0.4, 0.5) is 0 Å². The normalized spacial score (nSPS) is 9.42. The highest BCUT2D eigenvalue weighted by Crippen LogP contribution is 2.21. The van der Waals surface area contributed by atoms with Crippen LogP contribution in [-0.2, 0) is 6.42 Å². The second kappa shape index (κ2) is 4.24. The van der Waals surface area contributed by atoms with Gasteiger partial charge in [0.15, 0.2) is 0 Å². The number of rotatable bonds is 2. The van der Waals surface area contributed by atoms with Crippen LogP contribution < -0.4 is 5.73 Å². The number of hydrogen-bond acceptors (Lipinski definition) is 2. The molecule has 2 nitrogen and oxygen atoms in total. The van der Waals surface area contributed by atoms with E-state index in [2.05, 4.69) is 22.0 Å². The summed E-state index contributed by atoms with van der Waals surface area (Å²) in [5.41, 5.74) is 7.18. The van der Waals surface area contributed by atoms with Gasteiger partial charge in [-0.2, -0.15) is 5.26 Å². The third-order valence-corrected chi connectivity index (χ3v) is 2.55. The van der Waals surface area contributed by atoms with Gasteiger partial charge >= 0.3 is 0 Å². The minimum atomic E-state index is 0.605. The molecule has 2 N–H and O–H groups in total. The Morgan fingerprint density at radius 2 is 2.25 bits per heavy atom. The van der Waals surface area contributed by atoms with Gasteiger partial charge in [0.05, 0.1) is 5.56 Å². The zero-order chi connectivity index (χ0) is 8.97. The van der Waals surface area contributed by atoms with Crippen LogP contribution in [0.2, 0.25) is 0 Å². The van der Waals surface area contributed by atoms with Crippen molar-refractivity contribution in [3.63, 3.8) is 0 Å². The summed E-state index contributed by atoms with van der Waals surface area (Å²) in [6.07, 6.45) is 0.802.